The van der Waals surface area contributed by atoms with Crippen molar-refractivity contribution >= 4 is 31.7 Å². The summed E-state index contributed by atoms with van der Waals surface area (Å²) in [6.07, 6.45) is 4.11. The van der Waals surface area contributed by atoms with Crippen molar-refractivity contribution in [2.45, 2.75) is 76.7 Å². The number of ether oxygens (including phenoxy) is 4. The molecule has 14 heteroatoms. The van der Waals surface area contributed by atoms with Crippen LogP contribution in [0, 0.1) is 23.2 Å². The summed E-state index contributed by atoms with van der Waals surface area (Å²) in [5.41, 5.74) is 3.77. The molecule has 1 saturated heterocycles. The van der Waals surface area contributed by atoms with Crippen LogP contribution in [0.4, 0.5) is 5.82 Å². The van der Waals surface area contributed by atoms with E-state index < -0.39 is 32.6 Å². The Balaban J connectivity index is 1.36. The summed E-state index contributed by atoms with van der Waals surface area (Å²) in [7, 11) is 5.47. The van der Waals surface area contributed by atoms with Gasteiger partial charge in [-0.3, -0.25) is 0 Å². The molecule has 1 aliphatic heterocycles. The van der Waals surface area contributed by atoms with E-state index in [9.17, 15) is 5.26 Å². The van der Waals surface area contributed by atoms with E-state index in [1.807, 2.05) is 127 Å². The highest BCUT2D eigenvalue weighted by molar-refractivity contribution is 7.44. The first kappa shape index (κ1) is 47.8. The van der Waals surface area contributed by atoms with Crippen LogP contribution in [-0.2, 0) is 24.1 Å². The molecule has 342 valence electrons. The van der Waals surface area contributed by atoms with Gasteiger partial charge in [0.2, 0.25) is 0 Å². The van der Waals surface area contributed by atoms with E-state index in [4.69, 9.17) is 38.0 Å². The topological polar surface area (TPSA) is 129 Å². The number of nitrogens with zero attached hydrogens (tertiary/aromatic N) is 7. The van der Waals surface area contributed by atoms with Crippen molar-refractivity contribution in [3.05, 3.63) is 150 Å². The van der Waals surface area contributed by atoms with Crippen LogP contribution in [0.5, 0.6) is 11.5 Å². The highest BCUT2D eigenvalue weighted by atomic mass is 31.2. The van der Waals surface area contributed by atoms with Crippen molar-refractivity contribution in [2.75, 3.05) is 41.5 Å². The second-order valence-corrected chi connectivity index (χ2v) is 17.9. The minimum atomic E-state index is -1.66. The van der Waals surface area contributed by atoms with Crippen LogP contribution >= 0.6 is 8.53 Å². The zero-order chi connectivity index (χ0) is 46.6. The Morgan fingerprint density at radius 2 is 1.45 bits per heavy atom. The molecule has 4 atom stereocenters. The molecule has 0 N–H and O–H groups in total. The zero-order valence-corrected chi connectivity index (χ0v) is 39.8. The first-order chi connectivity index (χ1) is 32.1. The normalized spacial score (nSPS) is 16.7. The maximum atomic E-state index is 9.52. The summed E-state index contributed by atoms with van der Waals surface area (Å²) < 4.78 is 43.8. The highest BCUT2D eigenvalue weighted by Crippen LogP contribution is 2.51. The molecule has 66 heavy (non-hydrogen) atoms. The SMILES string of the molecule is COc1ccc(C(OC[C@H]2O[C@@H](n3cc(C#Cc4ccccc4)c4c(/N=C/N(C)C)ncnc43)C[C@@H]2OP(OCCC#N)N(C(C)C)C(C)C)(c2ccccc2)c2ccc(OC)cc2)cc1. The molecule has 0 radical (unpaired) electrons. The Hall–Kier alpha value is -6.15. The number of fused-ring (bicyclic) bond motifs is 1. The Bertz CT molecular complexity index is 2570. The van der Waals surface area contributed by atoms with E-state index in [0.717, 1.165) is 33.8 Å². The van der Waals surface area contributed by atoms with E-state index in [1.165, 1.54) is 6.33 Å². The molecule has 0 amide bonds. The van der Waals surface area contributed by atoms with Gasteiger partial charge in [0.25, 0.3) is 8.53 Å². The summed E-state index contributed by atoms with van der Waals surface area (Å²) in [4.78, 5) is 16.0. The smallest absolute Gasteiger partial charge is 0.259 e. The zero-order valence-electron chi connectivity index (χ0n) is 38.9. The largest absolute Gasteiger partial charge is 0.497 e. The molecule has 0 aliphatic carbocycles. The van der Waals surface area contributed by atoms with Crippen molar-refractivity contribution in [1.82, 2.24) is 24.1 Å². The maximum absolute atomic E-state index is 9.52. The molecular formula is C52H58N7O6P. The van der Waals surface area contributed by atoms with Crippen LogP contribution in [0.1, 0.15) is 74.6 Å². The fourth-order valence-corrected chi connectivity index (χ4v) is 9.89. The average molecular weight is 908 g/mol. The number of benzene rings is 4. The lowest BCUT2D eigenvalue weighted by Crippen LogP contribution is -2.39. The molecule has 0 saturated carbocycles. The fraction of sp³-hybridized carbons (Fsp3) is 0.346. The van der Waals surface area contributed by atoms with Gasteiger partial charge in [-0.1, -0.05) is 84.6 Å². The van der Waals surface area contributed by atoms with E-state index in [1.54, 1.807) is 20.6 Å². The minimum absolute atomic E-state index is 0.0823. The van der Waals surface area contributed by atoms with Crippen molar-refractivity contribution in [3.8, 4) is 29.4 Å². The Morgan fingerprint density at radius 1 is 0.848 bits per heavy atom. The third kappa shape index (κ3) is 10.9. The molecule has 0 bridgehead atoms. The van der Waals surface area contributed by atoms with E-state index in [2.05, 4.69) is 67.4 Å². The number of methoxy groups -OCH3 is 2. The van der Waals surface area contributed by atoms with Gasteiger partial charge in [0.1, 0.15) is 41.4 Å². The number of rotatable bonds is 19. The summed E-state index contributed by atoms with van der Waals surface area (Å²) in [6.45, 7) is 8.82. The van der Waals surface area contributed by atoms with Crippen molar-refractivity contribution in [2.24, 2.45) is 4.99 Å². The van der Waals surface area contributed by atoms with Crippen LogP contribution < -0.4 is 9.47 Å². The average Bonchev–Trinajstić information content (AvgIpc) is 3.92. The van der Waals surface area contributed by atoms with Gasteiger partial charge in [0.05, 0.1) is 63.3 Å². The standard InChI is InChI=1S/C52H58N7O6P/c1-37(2)59(38(3)4)66(63-31-15-30-53)65-46-32-48(58-33-40(21-20-39-16-11-9-12-17-39)49-50(56-36-57(5)6)54-35-55-51(49)58)64-47(46)34-62-52(41-18-13-10-14-19-41,42-22-26-44(60-7)27-23-42)43-24-28-45(61-8)29-25-43/h9-14,16-19,22-29,33,35-38,46-48H,15,31-32,34H2,1-8H3/b56-36+/t46-,47+,48+,66?/m0/s1. The third-order valence-corrected chi connectivity index (χ3v) is 13.3. The van der Waals surface area contributed by atoms with Gasteiger partial charge >= 0.3 is 0 Å². The molecule has 2 aromatic heterocycles. The van der Waals surface area contributed by atoms with E-state index >= 15 is 0 Å². The molecule has 13 nitrogen and oxygen atoms in total. The van der Waals surface area contributed by atoms with Crippen LogP contribution in [0.3, 0.4) is 0 Å². The molecule has 1 fully saturated rings. The highest BCUT2D eigenvalue weighted by Gasteiger charge is 2.45. The Morgan fingerprint density at radius 3 is 2.03 bits per heavy atom. The Labute approximate surface area is 389 Å². The van der Waals surface area contributed by atoms with Crippen molar-refractivity contribution < 1.29 is 28.0 Å². The molecule has 1 aliphatic rings. The lowest BCUT2D eigenvalue weighted by Gasteiger charge is -2.39. The van der Waals surface area contributed by atoms with Gasteiger partial charge in [-0.05, 0) is 80.8 Å². The second kappa shape index (κ2) is 22.4. The quantitative estimate of drug-likeness (QED) is 0.0192. The molecule has 1 unspecified atom stereocenters. The molecule has 4 aromatic carbocycles. The lowest BCUT2D eigenvalue weighted by atomic mass is 9.80. The second-order valence-electron chi connectivity index (χ2n) is 16.5. The first-order valence-corrected chi connectivity index (χ1v) is 23.2. The lowest BCUT2D eigenvalue weighted by molar-refractivity contribution is -0.0911. The molecule has 3 heterocycles. The van der Waals surface area contributed by atoms with Crippen LogP contribution in [-0.4, -0.2) is 96.3 Å². The predicted octanol–water partition coefficient (Wildman–Crippen LogP) is 10.0. The van der Waals surface area contributed by atoms with Gasteiger partial charge in [-0.15, -0.1) is 0 Å². The molecule has 6 aromatic rings. The first-order valence-electron chi connectivity index (χ1n) is 22.1. The van der Waals surface area contributed by atoms with E-state index in [-0.39, 0.29) is 31.7 Å². The monoisotopic (exact) mass is 907 g/mol. The van der Waals surface area contributed by atoms with Gasteiger partial charge in [0.15, 0.2) is 5.82 Å². The van der Waals surface area contributed by atoms with Crippen LogP contribution in [0.25, 0.3) is 11.0 Å². The molecular weight excluding hydrogens is 850 g/mol. The number of hydrogen-bond acceptors (Lipinski definition) is 11. The third-order valence-electron chi connectivity index (χ3n) is 11.1. The maximum Gasteiger partial charge on any atom is 0.259 e. The van der Waals surface area contributed by atoms with E-state index in [0.29, 0.717) is 28.8 Å². The number of aromatic nitrogens is 3. The van der Waals surface area contributed by atoms with Gasteiger partial charge in [-0.25, -0.2) is 19.6 Å². The fourth-order valence-electron chi connectivity index (χ4n) is 8.14. The summed E-state index contributed by atoms with van der Waals surface area (Å²) in [5, 5.41) is 10.2. The van der Waals surface area contributed by atoms with Crippen molar-refractivity contribution in [3.63, 3.8) is 0 Å². The van der Waals surface area contributed by atoms with Crippen LogP contribution in [0.15, 0.2) is 127 Å². The summed E-state index contributed by atoms with van der Waals surface area (Å²) >= 11 is 0. The van der Waals surface area contributed by atoms with Crippen LogP contribution in [0.2, 0.25) is 0 Å². The van der Waals surface area contributed by atoms with Gasteiger partial charge in [0, 0.05) is 44.4 Å². The predicted molar refractivity (Wildman–Crippen MR) is 259 cm³/mol. The Kier molecular flexibility index (Phi) is 16.2. The number of aliphatic imine (C=N–C) groups is 1. The minimum Gasteiger partial charge on any atom is -0.497 e. The van der Waals surface area contributed by atoms with Crippen molar-refractivity contribution in [1.29, 1.82) is 5.26 Å². The summed E-state index contributed by atoms with van der Waals surface area (Å²) in [5.74, 6) is 8.66. The molecule has 0 spiro atoms. The van der Waals surface area contributed by atoms with Gasteiger partial charge < -0.3 is 37.5 Å². The van der Waals surface area contributed by atoms with Gasteiger partial charge in [-0.2, -0.15) is 5.26 Å². The molecule has 7 rings (SSSR count). The summed E-state index contributed by atoms with van der Waals surface area (Å²) in [6, 6.07) is 38.3. The number of nitriles is 1. The number of hydrogen-bond donors (Lipinski definition) is 0.